The largest absolute Gasteiger partial charge is 0.396 e. The molecule has 0 aromatic carbocycles. The topological polar surface area (TPSA) is 69.1 Å². The lowest BCUT2D eigenvalue weighted by Crippen LogP contribution is -2.00. The molecule has 0 saturated carbocycles. The molecule has 7 heteroatoms. The molecule has 2 heterocycles. The van der Waals surface area contributed by atoms with E-state index in [-0.39, 0.29) is 11.0 Å². The first-order valence-electron chi connectivity index (χ1n) is 3.44. The first-order chi connectivity index (χ1) is 6.22. The van der Waals surface area contributed by atoms with Crippen molar-refractivity contribution in [3.8, 4) is 0 Å². The van der Waals surface area contributed by atoms with Crippen molar-refractivity contribution in [2.75, 3.05) is 5.73 Å². The monoisotopic (exact) mass is 217 g/mol. The van der Waals surface area contributed by atoms with Crippen molar-refractivity contribution in [3.05, 3.63) is 17.0 Å². The van der Waals surface area contributed by atoms with Crippen LogP contribution in [0.5, 0.6) is 0 Å². The average Bonchev–Trinajstić information content (AvgIpc) is 2.47. The molecule has 0 saturated heterocycles. The molecule has 0 spiro atoms. The van der Waals surface area contributed by atoms with Crippen LogP contribution in [-0.2, 0) is 5.88 Å². The van der Waals surface area contributed by atoms with Crippen LogP contribution in [-0.4, -0.2) is 19.8 Å². The van der Waals surface area contributed by atoms with Crippen LogP contribution in [0, 0.1) is 0 Å². The molecule has 0 fully saturated rings. The van der Waals surface area contributed by atoms with Gasteiger partial charge in [0.25, 0.3) is 0 Å². The van der Waals surface area contributed by atoms with Crippen molar-refractivity contribution < 1.29 is 0 Å². The van der Waals surface area contributed by atoms with E-state index < -0.39 is 0 Å². The summed E-state index contributed by atoms with van der Waals surface area (Å²) in [6.07, 6.45) is 0. The summed E-state index contributed by atoms with van der Waals surface area (Å²) >= 11 is 11.3. The highest BCUT2D eigenvalue weighted by molar-refractivity contribution is 6.29. The molecule has 0 aliphatic carbocycles. The van der Waals surface area contributed by atoms with Crippen molar-refractivity contribution in [3.63, 3.8) is 0 Å². The minimum Gasteiger partial charge on any atom is -0.396 e. The predicted octanol–water partition coefficient (Wildman–Crippen LogP) is 1.10. The van der Waals surface area contributed by atoms with Gasteiger partial charge in [0, 0.05) is 6.07 Å². The number of rotatable bonds is 1. The third-order valence-electron chi connectivity index (χ3n) is 1.55. The second-order valence-corrected chi connectivity index (χ2v) is 3.06. The normalized spacial score (nSPS) is 10.9. The van der Waals surface area contributed by atoms with Crippen molar-refractivity contribution in [2.24, 2.45) is 0 Å². The molecule has 2 aromatic rings. The first-order valence-corrected chi connectivity index (χ1v) is 4.36. The number of nitrogens with zero attached hydrogens (tertiary/aromatic N) is 4. The summed E-state index contributed by atoms with van der Waals surface area (Å²) < 4.78 is 1.44. The highest BCUT2D eigenvalue weighted by Gasteiger charge is 2.08. The van der Waals surface area contributed by atoms with E-state index in [0.29, 0.717) is 17.2 Å². The van der Waals surface area contributed by atoms with Gasteiger partial charge in [0.15, 0.2) is 11.0 Å². The summed E-state index contributed by atoms with van der Waals surface area (Å²) in [4.78, 5) is 0. The minimum absolute atomic E-state index is 0.216. The quantitative estimate of drug-likeness (QED) is 0.727. The van der Waals surface area contributed by atoms with Gasteiger partial charge < -0.3 is 5.73 Å². The zero-order chi connectivity index (χ0) is 9.42. The number of anilines is 1. The standard InChI is InChI=1S/C6H5Cl2N5/c7-2-5-10-11-6-3(9)1-4(8)12-13(5)6/h1H,2,9H2. The van der Waals surface area contributed by atoms with Gasteiger partial charge in [-0.05, 0) is 0 Å². The Morgan fingerprint density at radius 2 is 2.23 bits per heavy atom. The molecule has 5 nitrogen and oxygen atoms in total. The summed E-state index contributed by atoms with van der Waals surface area (Å²) in [6, 6.07) is 1.52. The molecule has 0 atom stereocenters. The molecule has 68 valence electrons. The molecule has 2 rings (SSSR count). The Morgan fingerprint density at radius 1 is 1.46 bits per heavy atom. The second kappa shape index (κ2) is 3.01. The van der Waals surface area contributed by atoms with Crippen molar-refractivity contribution in [2.45, 2.75) is 5.88 Å². The van der Waals surface area contributed by atoms with Gasteiger partial charge in [-0.1, -0.05) is 11.6 Å². The third-order valence-corrected chi connectivity index (χ3v) is 1.98. The van der Waals surface area contributed by atoms with Crippen LogP contribution in [0.4, 0.5) is 5.69 Å². The Balaban J connectivity index is 2.82. The molecule has 0 aliphatic heterocycles. The lowest BCUT2D eigenvalue weighted by Gasteiger charge is -1.97. The first kappa shape index (κ1) is 8.52. The van der Waals surface area contributed by atoms with Gasteiger partial charge in [0.05, 0.1) is 11.6 Å². The van der Waals surface area contributed by atoms with Crippen LogP contribution in [0.2, 0.25) is 5.15 Å². The molecule has 0 radical (unpaired) electrons. The summed E-state index contributed by atoms with van der Waals surface area (Å²) in [5.41, 5.74) is 6.54. The number of nitrogen functional groups attached to an aromatic ring is 1. The molecule has 0 amide bonds. The molecule has 13 heavy (non-hydrogen) atoms. The Labute approximate surface area is 83.5 Å². The Hall–Kier alpha value is -1.07. The fourth-order valence-electron chi connectivity index (χ4n) is 0.998. The van der Waals surface area contributed by atoms with Gasteiger partial charge in [-0.15, -0.1) is 21.8 Å². The van der Waals surface area contributed by atoms with E-state index in [1.165, 1.54) is 10.6 Å². The van der Waals surface area contributed by atoms with Crippen LogP contribution in [0.3, 0.4) is 0 Å². The fraction of sp³-hybridized carbons (Fsp3) is 0.167. The highest BCUT2D eigenvalue weighted by Crippen LogP contribution is 2.16. The molecule has 2 aromatic heterocycles. The number of nitrogens with two attached hydrogens (primary N) is 1. The Bertz CT molecular complexity index is 451. The summed E-state index contributed by atoms with van der Waals surface area (Å²) in [5, 5.41) is 11.9. The van der Waals surface area contributed by atoms with Gasteiger partial charge >= 0.3 is 0 Å². The fourth-order valence-corrected chi connectivity index (χ4v) is 1.36. The van der Waals surface area contributed by atoms with E-state index in [9.17, 15) is 0 Å². The zero-order valence-electron chi connectivity index (χ0n) is 6.41. The van der Waals surface area contributed by atoms with E-state index in [1.54, 1.807) is 0 Å². The van der Waals surface area contributed by atoms with Crippen molar-refractivity contribution >= 4 is 34.5 Å². The van der Waals surface area contributed by atoms with Gasteiger partial charge in [-0.2, -0.15) is 9.61 Å². The number of alkyl halides is 1. The second-order valence-electron chi connectivity index (χ2n) is 2.41. The van der Waals surface area contributed by atoms with Crippen molar-refractivity contribution in [1.29, 1.82) is 0 Å². The van der Waals surface area contributed by atoms with E-state index in [2.05, 4.69) is 15.3 Å². The molecule has 0 unspecified atom stereocenters. The third kappa shape index (κ3) is 1.30. The summed E-state index contributed by atoms with van der Waals surface area (Å²) in [6.45, 7) is 0. The summed E-state index contributed by atoms with van der Waals surface area (Å²) in [7, 11) is 0. The number of hydrogen-bond donors (Lipinski definition) is 1. The maximum Gasteiger partial charge on any atom is 0.200 e. The van der Waals surface area contributed by atoms with Crippen LogP contribution >= 0.6 is 23.2 Å². The van der Waals surface area contributed by atoms with E-state index in [0.717, 1.165) is 0 Å². The SMILES string of the molecule is Nc1cc(Cl)nn2c(CCl)nnc12. The van der Waals surface area contributed by atoms with Crippen LogP contribution < -0.4 is 5.73 Å². The maximum atomic E-state index is 5.70. The minimum atomic E-state index is 0.216. The Kier molecular flexibility index (Phi) is 1.97. The maximum absolute atomic E-state index is 5.70. The van der Waals surface area contributed by atoms with Gasteiger partial charge in [-0.25, -0.2) is 0 Å². The number of halogens is 2. The highest BCUT2D eigenvalue weighted by atomic mass is 35.5. The lowest BCUT2D eigenvalue weighted by atomic mass is 10.5. The molecular formula is C6H5Cl2N5. The Morgan fingerprint density at radius 3 is 2.92 bits per heavy atom. The zero-order valence-corrected chi connectivity index (χ0v) is 7.92. The van der Waals surface area contributed by atoms with Gasteiger partial charge in [0.1, 0.15) is 0 Å². The summed E-state index contributed by atoms with van der Waals surface area (Å²) in [5.74, 6) is 0.736. The van der Waals surface area contributed by atoms with E-state index in [4.69, 9.17) is 28.9 Å². The average molecular weight is 218 g/mol. The number of fused-ring (bicyclic) bond motifs is 1. The number of aromatic nitrogens is 4. The predicted molar refractivity (Wildman–Crippen MR) is 49.8 cm³/mol. The van der Waals surface area contributed by atoms with E-state index >= 15 is 0 Å². The number of hydrogen-bond acceptors (Lipinski definition) is 4. The van der Waals surface area contributed by atoms with Crippen molar-refractivity contribution in [1.82, 2.24) is 19.8 Å². The van der Waals surface area contributed by atoms with Crippen LogP contribution in [0.15, 0.2) is 6.07 Å². The smallest absolute Gasteiger partial charge is 0.200 e. The van der Waals surface area contributed by atoms with Crippen LogP contribution in [0.1, 0.15) is 5.82 Å². The molecule has 2 N–H and O–H groups in total. The van der Waals surface area contributed by atoms with E-state index in [1.807, 2.05) is 0 Å². The molecule has 0 bridgehead atoms. The molecule has 0 aliphatic rings. The van der Waals surface area contributed by atoms with Gasteiger partial charge in [0.2, 0.25) is 5.65 Å². The van der Waals surface area contributed by atoms with Gasteiger partial charge in [-0.3, -0.25) is 0 Å². The lowest BCUT2D eigenvalue weighted by molar-refractivity contribution is 0.865. The van der Waals surface area contributed by atoms with Crippen LogP contribution in [0.25, 0.3) is 5.65 Å². The molecular weight excluding hydrogens is 213 g/mol.